The molecule has 0 rings (SSSR count). The molecule has 0 aliphatic rings. The summed E-state index contributed by atoms with van der Waals surface area (Å²) >= 11 is 0. The quantitative estimate of drug-likeness (QED) is 0.403. The molecular weight excluding hydrogens is 107 g/mol. The number of allylic oxidation sites excluding steroid dienone is 2. The van der Waals surface area contributed by atoms with Crippen LogP contribution in [0.15, 0.2) is 12.2 Å². The zero-order valence-electron chi connectivity index (χ0n) is 4.80. The molecule has 1 unspecified atom stereocenters. The van der Waals surface area contributed by atoms with Crippen LogP contribution in [0.25, 0.3) is 0 Å². The molecule has 46 valence electrons. The van der Waals surface area contributed by atoms with Crippen molar-refractivity contribution in [2.45, 2.75) is 19.5 Å². The highest BCUT2D eigenvalue weighted by atomic mass is 19.1. The van der Waals surface area contributed by atoms with Gasteiger partial charge in [-0.2, -0.15) is 0 Å². The predicted octanol–water partition coefficient (Wildman–Crippen LogP) is 1.49. The van der Waals surface area contributed by atoms with Crippen LogP contribution < -0.4 is 0 Å². The van der Waals surface area contributed by atoms with Crippen LogP contribution in [0.4, 0.5) is 4.39 Å². The molecular formula is C6H9FO. The van der Waals surface area contributed by atoms with Gasteiger partial charge in [0.05, 0.1) is 0 Å². The van der Waals surface area contributed by atoms with Crippen LogP contribution in [0.5, 0.6) is 0 Å². The van der Waals surface area contributed by atoms with Crippen LogP contribution in [0.1, 0.15) is 13.3 Å². The van der Waals surface area contributed by atoms with Crippen molar-refractivity contribution in [2.75, 3.05) is 0 Å². The summed E-state index contributed by atoms with van der Waals surface area (Å²) in [4.78, 5) is 9.58. The molecule has 0 amide bonds. The molecule has 0 fully saturated rings. The Hall–Kier alpha value is -0.660. The summed E-state index contributed by atoms with van der Waals surface area (Å²) in [6.07, 6.45) is 2.50. The minimum absolute atomic E-state index is 0.270. The molecule has 0 saturated carbocycles. The lowest BCUT2D eigenvalue weighted by Gasteiger charge is -1.84. The molecule has 0 aliphatic heterocycles. The molecule has 0 aromatic heterocycles. The third kappa shape index (κ3) is 3.53. The summed E-state index contributed by atoms with van der Waals surface area (Å²) in [5.74, 6) is 0. The molecule has 1 atom stereocenters. The van der Waals surface area contributed by atoms with E-state index in [9.17, 15) is 9.18 Å². The van der Waals surface area contributed by atoms with Gasteiger partial charge in [0.15, 0.2) is 12.5 Å². The van der Waals surface area contributed by atoms with Gasteiger partial charge in [-0.25, -0.2) is 4.39 Å². The van der Waals surface area contributed by atoms with E-state index in [-0.39, 0.29) is 6.29 Å². The third-order valence-electron chi connectivity index (χ3n) is 0.686. The fraction of sp³-hybridized carbons (Fsp3) is 0.500. The van der Waals surface area contributed by atoms with Gasteiger partial charge in [-0.1, -0.05) is 13.0 Å². The molecule has 0 N–H and O–H groups in total. The number of halogens is 1. The number of carbonyl (C=O) groups excluding carboxylic acids is 1. The summed E-state index contributed by atoms with van der Waals surface area (Å²) in [7, 11) is 0. The van der Waals surface area contributed by atoms with E-state index >= 15 is 0 Å². The first kappa shape index (κ1) is 7.34. The molecule has 0 bridgehead atoms. The Morgan fingerprint density at radius 2 is 2.38 bits per heavy atom. The van der Waals surface area contributed by atoms with Gasteiger partial charge in [0.25, 0.3) is 0 Å². The van der Waals surface area contributed by atoms with Crippen LogP contribution in [0.3, 0.4) is 0 Å². The average molecular weight is 116 g/mol. The molecule has 0 heterocycles. The highest BCUT2D eigenvalue weighted by Gasteiger charge is 1.92. The number of rotatable bonds is 3. The van der Waals surface area contributed by atoms with E-state index in [1.165, 1.54) is 6.08 Å². The van der Waals surface area contributed by atoms with Crippen LogP contribution in [0.2, 0.25) is 0 Å². The summed E-state index contributed by atoms with van der Waals surface area (Å²) in [5, 5.41) is 0. The van der Waals surface area contributed by atoms with Crippen molar-refractivity contribution in [3.05, 3.63) is 12.2 Å². The van der Waals surface area contributed by atoms with Crippen LogP contribution in [-0.2, 0) is 4.79 Å². The van der Waals surface area contributed by atoms with Gasteiger partial charge in [-0.05, 0) is 12.5 Å². The van der Waals surface area contributed by atoms with Crippen LogP contribution >= 0.6 is 0 Å². The first-order valence-corrected chi connectivity index (χ1v) is 2.57. The normalized spacial score (nSPS) is 14.2. The Kier molecular flexibility index (Phi) is 4.13. The van der Waals surface area contributed by atoms with E-state index < -0.39 is 6.17 Å². The van der Waals surface area contributed by atoms with E-state index in [1.807, 2.05) is 6.92 Å². The summed E-state index contributed by atoms with van der Waals surface area (Å²) in [5.41, 5.74) is 0. The Balaban J connectivity index is 3.35. The molecule has 2 heteroatoms. The van der Waals surface area contributed by atoms with Gasteiger partial charge in [-0.15, -0.1) is 0 Å². The highest BCUT2D eigenvalue weighted by molar-refractivity contribution is 5.58. The molecule has 0 spiro atoms. The molecule has 0 saturated heterocycles. The number of aldehydes is 1. The molecule has 1 nitrogen and oxygen atoms in total. The lowest BCUT2D eigenvalue weighted by molar-refractivity contribution is -0.110. The Morgan fingerprint density at radius 3 is 2.75 bits per heavy atom. The van der Waals surface area contributed by atoms with Gasteiger partial charge < -0.3 is 0 Å². The number of hydrogen-bond donors (Lipinski definition) is 0. The van der Waals surface area contributed by atoms with Gasteiger partial charge in [-0.3, -0.25) is 4.79 Å². The maximum Gasteiger partial charge on any atom is 0.173 e. The van der Waals surface area contributed by atoms with E-state index in [2.05, 4.69) is 0 Å². The summed E-state index contributed by atoms with van der Waals surface area (Å²) in [6.45, 7) is 1.88. The zero-order chi connectivity index (χ0) is 6.41. The highest BCUT2D eigenvalue weighted by Crippen LogP contribution is 1.88. The Bertz CT molecular complexity index is 88.5. The van der Waals surface area contributed by atoms with Gasteiger partial charge >= 0.3 is 0 Å². The standard InChI is InChI=1S/C6H9FO/c1-2-3-4-6(7)5-8/h3-6H,2H2,1H3/b4-3+. The maximum atomic E-state index is 11.9. The van der Waals surface area contributed by atoms with Crippen molar-refractivity contribution >= 4 is 6.29 Å². The monoisotopic (exact) mass is 116 g/mol. The minimum Gasteiger partial charge on any atom is -0.300 e. The fourth-order valence-corrected chi connectivity index (χ4v) is 0.311. The largest absolute Gasteiger partial charge is 0.300 e. The molecule has 0 aromatic carbocycles. The maximum absolute atomic E-state index is 11.9. The van der Waals surface area contributed by atoms with Gasteiger partial charge in [0.2, 0.25) is 0 Å². The van der Waals surface area contributed by atoms with Crippen molar-refractivity contribution < 1.29 is 9.18 Å². The van der Waals surface area contributed by atoms with E-state index in [1.54, 1.807) is 6.08 Å². The second-order valence-electron chi connectivity index (χ2n) is 1.42. The zero-order valence-corrected chi connectivity index (χ0v) is 4.80. The van der Waals surface area contributed by atoms with E-state index in [0.717, 1.165) is 6.42 Å². The number of alkyl halides is 1. The first-order valence-electron chi connectivity index (χ1n) is 2.57. The smallest absolute Gasteiger partial charge is 0.173 e. The van der Waals surface area contributed by atoms with Crippen LogP contribution in [-0.4, -0.2) is 12.5 Å². The van der Waals surface area contributed by atoms with Crippen LogP contribution in [0, 0.1) is 0 Å². The summed E-state index contributed by atoms with van der Waals surface area (Å²) < 4.78 is 11.9. The van der Waals surface area contributed by atoms with Crippen molar-refractivity contribution in [2.24, 2.45) is 0 Å². The third-order valence-corrected chi connectivity index (χ3v) is 0.686. The minimum atomic E-state index is -1.41. The second-order valence-corrected chi connectivity index (χ2v) is 1.42. The van der Waals surface area contributed by atoms with Gasteiger partial charge in [0, 0.05) is 0 Å². The van der Waals surface area contributed by atoms with Crippen molar-refractivity contribution in [1.82, 2.24) is 0 Å². The molecule has 8 heavy (non-hydrogen) atoms. The molecule has 0 radical (unpaired) electrons. The van der Waals surface area contributed by atoms with E-state index in [0.29, 0.717) is 0 Å². The molecule has 0 aliphatic carbocycles. The van der Waals surface area contributed by atoms with Crippen molar-refractivity contribution in [1.29, 1.82) is 0 Å². The van der Waals surface area contributed by atoms with Crippen molar-refractivity contribution in [3.8, 4) is 0 Å². The number of carbonyl (C=O) groups is 1. The topological polar surface area (TPSA) is 17.1 Å². The van der Waals surface area contributed by atoms with E-state index in [4.69, 9.17) is 0 Å². The van der Waals surface area contributed by atoms with Crippen molar-refractivity contribution in [3.63, 3.8) is 0 Å². The lowest BCUT2D eigenvalue weighted by Crippen LogP contribution is -1.93. The first-order chi connectivity index (χ1) is 3.81. The summed E-state index contributed by atoms with van der Waals surface area (Å²) in [6, 6.07) is 0. The second kappa shape index (κ2) is 4.50. The molecule has 0 aromatic rings. The predicted molar refractivity (Wildman–Crippen MR) is 30.4 cm³/mol. The fourth-order valence-electron chi connectivity index (χ4n) is 0.311. The lowest BCUT2D eigenvalue weighted by atomic mass is 10.3. The Labute approximate surface area is 48.2 Å². The Morgan fingerprint density at radius 1 is 1.75 bits per heavy atom. The SMILES string of the molecule is CC/C=C/C(F)C=O. The number of hydrogen-bond acceptors (Lipinski definition) is 1. The van der Waals surface area contributed by atoms with Gasteiger partial charge in [0.1, 0.15) is 0 Å². The average Bonchev–Trinajstić information content (AvgIpc) is 1.83.